The van der Waals surface area contributed by atoms with Crippen molar-refractivity contribution >= 4 is 34.1 Å². The lowest BCUT2D eigenvalue weighted by Crippen LogP contribution is -2.49. The van der Waals surface area contributed by atoms with E-state index >= 15 is 0 Å². The molecule has 2 aromatic carbocycles. The fraction of sp³-hybridized carbons (Fsp3) is 0.346. The molecule has 0 spiro atoms. The maximum atomic E-state index is 13.4. The number of hydrogen-bond donors (Lipinski definition) is 0. The molecule has 9 heteroatoms. The minimum absolute atomic E-state index is 0.0860. The molecule has 182 valence electrons. The van der Waals surface area contributed by atoms with Gasteiger partial charge in [-0.3, -0.25) is 9.59 Å². The fourth-order valence-electron chi connectivity index (χ4n) is 4.52. The van der Waals surface area contributed by atoms with Crippen LogP contribution >= 0.6 is 11.6 Å². The third kappa shape index (κ3) is 5.16. The molecule has 1 aliphatic rings. The van der Waals surface area contributed by atoms with Gasteiger partial charge in [0.25, 0.3) is 11.5 Å². The zero-order chi connectivity index (χ0) is 25.1. The van der Waals surface area contributed by atoms with Gasteiger partial charge in [0.1, 0.15) is 17.4 Å². The number of piperazine rings is 1. The summed E-state index contributed by atoms with van der Waals surface area (Å²) in [5.41, 5.74) is 1.49. The van der Waals surface area contributed by atoms with E-state index < -0.39 is 5.82 Å². The number of carbonyl (C=O) groups is 1. The molecule has 0 bridgehead atoms. The number of pyridine rings is 1. The van der Waals surface area contributed by atoms with E-state index in [1.807, 2.05) is 25.1 Å². The zero-order valence-electron chi connectivity index (χ0n) is 19.8. The minimum atomic E-state index is -0.391. The molecule has 4 rings (SSSR count). The summed E-state index contributed by atoms with van der Waals surface area (Å²) in [6.07, 6.45) is 0.763. The van der Waals surface area contributed by atoms with Gasteiger partial charge in [-0.1, -0.05) is 11.6 Å². The second-order valence-corrected chi connectivity index (χ2v) is 9.33. The van der Waals surface area contributed by atoms with Crippen LogP contribution in [0.25, 0.3) is 10.9 Å². The van der Waals surface area contributed by atoms with E-state index in [1.54, 1.807) is 21.6 Å². The van der Waals surface area contributed by atoms with Crippen LogP contribution in [0.3, 0.4) is 0 Å². The first-order valence-electron chi connectivity index (χ1n) is 11.5. The Morgan fingerprint density at radius 2 is 1.80 bits per heavy atom. The highest BCUT2D eigenvalue weighted by atomic mass is 35.5. The second-order valence-electron chi connectivity index (χ2n) is 8.90. The van der Waals surface area contributed by atoms with Crippen molar-refractivity contribution in [3.63, 3.8) is 0 Å². The van der Waals surface area contributed by atoms with E-state index in [0.29, 0.717) is 49.0 Å². The Morgan fingerprint density at radius 1 is 1.11 bits per heavy atom. The molecule has 0 saturated carbocycles. The number of nitriles is 1. The maximum Gasteiger partial charge on any atom is 0.271 e. The van der Waals surface area contributed by atoms with Gasteiger partial charge in [0, 0.05) is 48.7 Å². The minimum Gasteiger partial charge on any atom is -0.366 e. The molecule has 2 heterocycles. The largest absolute Gasteiger partial charge is 0.366 e. The number of amides is 1. The molecule has 1 aliphatic heterocycles. The summed E-state index contributed by atoms with van der Waals surface area (Å²) in [5, 5.41) is 11.2. The summed E-state index contributed by atoms with van der Waals surface area (Å²) >= 11 is 6.33. The van der Waals surface area contributed by atoms with Crippen LogP contribution in [0.15, 0.2) is 47.3 Å². The first-order valence-corrected chi connectivity index (χ1v) is 11.9. The number of aryl methyl sites for hydroxylation is 1. The topological polar surface area (TPSA) is 72.6 Å². The van der Waals surface area contributed by atoms with Crippen molar-refractivity contribution in [2.45, 2.75) is 13.0 Å². The van der Waals surface area contributed by atoms with Gasteiger partial charge in [-0.2, -0.15) is 5.26 Å². The molecule has 1 amide bonds. The zero-order valence-corrected chi connectivity index (χ0v) is 20.6. The highest BCUT2D eigenvalue weighted by Gasteiger charge is 2.27. The number of carbonyl (C=O) groups excluding carboxylic acids is 1. The van der Waals surface area contributed by atoms with Crippen LogP contribution in [0, 0.1) is 17.1 Å². The highest BCUT2D eigenvalue weighted by Crippen LogP contribution is 2.32. The van der Waals surface area contributed by atoms with Crippen LogP contribution < -0.4 is 10.5 Å². The van der Waals surface area contributed by atoms with Gasteiger partial charge in [-0.25, -0.2) is 4.39 Å². The van der Waals surface area contributed by atoms with Crippen molar-refractivity contribution in [3.8, 4) is 6.07 Å². The van der Waals surface area contributed by atoms with Crippen LogP contribution in [0.4, 0.5) is 10.1 Å². The lowest BCUT2D eigenvalue weighted by molar-refractivity contribution is 0.0747. The first-order chi connectivity index (χ1) is 16.8. The molecule has 7 nitrogen and oxygen atoms in total. The number of anilines is 1. The van der Waals surface area contributed by atoms with E-state index in [2.05, 4.69) is 11.0 Å². The van der Waals surface area contributed by atoms with E-state index in [4.69, 9.17) is 11.6 Å². The summed E-state index contributed by atoms with van der Waals surface area (Å²) in [5.74, 6) is -0.563. The summed E-state index contributed by atoms with van der Waals surface area (Å²) in [7, 11) is 3.95. The van der Waals surface area contributed by atoms with Crippen LogP contribution in [0.5, 0.6) is 0 Å². The third-order valence-corrected chi connectivity index (χ3v) is 6.51. The summed E-state index contributed by atoms with van der Waals surface area (Å²) in [6, 6.07) is 13.0. The number of benzene rings is 2. The fourth-order valence-corrected chi connectivity index (χ4v) is 4.69. The molecular weight excluding hydrogens is 469 g/mol. The van der Waals surface area contributed by atoms with Crippen molar-refractivity contribution in [1.29, 1.82) is 5.26 Å². The molecule has 0 radical (unpaired) electrons. The lowest BCUT2D eigenvalue weighted by atomic mass is 10.1. The monoisotopic (exact) mass is 495 g/mol. The third-order valence-electron chi connectivity index (χ3n) is 6.27. The Labute approximate surface area is 208 Å². The van der Waals surface area contributed by atoms with Crippen LogP contribution in [-0.2, 0) is 6.54 Å². The van der Waals surface area contributed by atoms with Crippen LogP contribution in [-0.4, -0.2) is 67.1 Å². The Hall–Kier alpha value is -3.41. The predicted molar refractivity (Wildman–Crippen MR) is 136 cm³/mol. The number of halogens is 2. The van der Waals surface area contributed by atoms with E-state index in [1.165, 1.54) is 24.3 Å². The summed E-state index contributed by atoms with van der Waals surface area (Å²) in [6.45, 7) is 3.03. The SMILES string of the molecule is CN(C)CCCn1c(=O)c(C#N)c(N2CCN(C(=O)c3ccc(F)cc3)CC2)c2cc(Cl)ccc21. The molecular formula is C26H27ClFN5O2. The first kappa shape index (κ1) is 24.7. The Morgan fingerprint density at radius 3 is 2.43 bits per heavy atom. The smallest absolute Gasteiger partial charge is 0.271 e. The van der Waals surface area contributed by atoms with Crippen molar-refractivity contribution in [3.05, 3.63) is 74.8 Å². The molecule has 1 fully saturated rings. The van der Waals surface area contributed by atoms with Gasteiger partial charge in [0.2, 0.25) is 0 Å². The Bertz CT molecular complexity index is 1340. The standard InChI is InChI=1S/C26H27ClFN5O2/c1-30(2)10-3-11-33-23-9-6-19(27)16-21(23)24(22(17-29)26(33)35)31-12-14-32(15-13-31)25(34)18-4-7-20(28)8-5-18/h4-9,16H,3,10-15H2,1-2H3. The van der Waals surface area contributed by atoms with Gasteiger partial charge in [0.15, 0.2) is 0 Å². The van der Waals surface area contributed by atoms with Gasteiger partial charge in [-0.05, 0) is 69.5 Å². The predicted octanol–water partition coefficient (Wildman–Crippen LogP) is 3.58. The molecule has 0 aliphatic carbocycles. The molecule has 1 saturated heterocycles. The van der Waals surface area contributed by atoms with Crippen molar-refractivity contribution in [2.75, 3.05) is 51.7 Å². The maximum absolute atomic E-state index is 13.4. The normalized spacial score (nSPS) is 13.9. The molecule has 35 heavy (non-hydrogen) atoms. The van der Waals surface area contributed by atoms with Gasteiger partial charge >= 0.3 is 0 Å². The number of rotatable bonds is 6. The van der Waals surface area contributed by atoms with Crippen LogP contribution in [0.2, 0.25) is 5.02 Å². The van der Waals surface area contributed by atoms with E-state index in [-0.39, 0.29) is 17.0 Å². The Balaban J connectivity index is 1.66. The quantitative estimate of drug-likeness (QED) is 0.522. The molecule has 0 N–H and O–H groups in total. The van der Waals surface area contributed by atoms with Crippen molar-refractivity contribution in [1.82, 2.24) is 14.4 Å². The average Bonchev–Trinajstić information content (AvgIpc) is 2.85. The Kier molecular flexibility index (Phi) is 7.39. The highest BCUT2D eigenvalue weighted by molar-refractivity contribution is 6.31. The molecule has 0 atom stereocenters. The van der Waals surface area contributed by atoms with Crippen LogP contribution in [0.1, 0.15) is 22.3 Å². The molecule has 3 aromatic rings. The lowest BCUT2D eigenvalue weighted by Gasteiger charge is -2.37. The number of fused-ring (bicyclic) bond motifs is 1. The van der Waals surface area contributed by atoms with Gasteiger partial charge in [0.05, 0.1) is 11.2 Å². The van der Waals surface area contributed by atoms with Gasteiger partial charge < -0.3 is 19.3 Å². The second kappa shape index (κ2) is 10.5. The number of nitrogens with zero attached hydrogens (tertiary/aromatic N) is 5. The molecule has 0 unspecified atom stereocenters. The van der Waals surface area contributed by atoms with Crippen molar-refractivity contribution in [2.24, 2.45) is 0 Å². The van der Waals surface area contributed by atoms with E-state index in [0.717, 1.165) is 23.9 Å². The molecule has 1 aromatic heterocycles. The summed E-state index contributed by atoms with van der Waals surface area (Å²) in [4.78, 5) is 32.0. The summed E-state index contributed by atoms with van der Waals surface area (Å²) < 4.78 is 14.9. The number of hydrogen-bond acceptors (Lipinski definition) is 5. The van der Waals surface area contributed by atoms with Gasteiger partial charge in [-0.15, -0.1) is 0 Å². The average molecular weight is 496 g/mol. The number of aromatic nitrogens is 1. The van der Waals surface area contributed by atoms with E-state index in [9.17, 15) is 19.2 Å². The van der Waals surface area contributed by atoms with Crippen molar-refractivity contribution < 1.29 is 9.18 Å².